The summed E-state index contributed by atoms with van der Waals surface area (Å²) in [6.07, 6.45) is 0. The second kappa shape index (κ2) is 5.44. The monoisotopic (exact) mass is 386 g/mol. The maximum atomic E-state index is 6.83. The zero-order chi connectivity index (χ0) is 13.3. The van der Waals surface area contributed by atoms with Gasteiger partial charge in [0.15, 0.2) is 0 Å². The van der Waals surface area contributed by atoms with Crippen LogP contribution in [-0.4, -0.2) is 16.1 Å². The van der Waals surface area contributed by atoms with Gasteiger partial charge in [0.1, 0.15) is 0 Å². The predicted molar refractivity (Wildman–Crippen MR) is 83.8 cm³/mol. The Kier molecular flexibility index (Phi) is 4.30. The molecule has 2 aromatic carbocycles. The molecule has 0 aromatic heterocycles. The van der Waals surface area contributed by atoms with E-state index in [0.717, 1.165) is 3.58 Å². The number of hydrogen-bond acceptors (Lipinski definition) is 0. The third-order valence-corrected chi connectivity index (χ3v) is 15.7. The van der Waals surface area contributed by atoms with Crippen LogP contribution in [0.4, 0.5) is 0 Å². The molecule has 2 aromatic rings. The number of rotatable bonds is 2. The van der Waals surface area contributed by atoms with Gasteiger partial charge in [0, 0.05) is 0 Å². The molecule has 2 rings (SSSR count). The molecule has 18 heavy (non-hydrogen) atoms. The summed E-state index contributed by atoms with van der Waals surface area (Å²) in [7, 11) is 13.7. The number of benzene rings is 2. The van der Waals surface area contributed by atoms with Crippen molar-refractivity contribution in [3.8, 4) is 0 Å². The van der Waals surface area contributed by atoms with Gasteiger partial charge < -0.3 is 0 Å². The van der Waals surface area contributed by atoms with Crippen LogP contribution in [0.15, 0.2) is 42.5 Å². The summed E-state index contributed by atoms with van der Waals surface area (Å²) in [6, 6.07) is 14.4. The van der Waals surface area contributed by atoms with Gasteiger partial charge in [0.2, 0.25) is 0 Å². The SMILES string of the molecule is Cc1cc(C)[c]([Sn]([Cl])([Cl])[c]2ccccc2)c(C)c1. The van der Waals surface area contributed by atoms with Crippen LogP contribution in [0.3, 0.4) is 0 Å². The summed E-state index contributed by atoms with van der Waals surface area (Å²) in [5.41, 5.74) is 3.70. The van der Waals surface area contributed by atoms with Crippen molar-refractivity contribution in [3.63, 3.8) is 0 Å². The first-order valence-electron chi connectivity index (χ1n) is 5.94. The molecule has 0 aliphatic heterocycles. The summed E-state index contributed by atoms with van der Waals surface area (Å²) in [5, 5.41) is 0. The van der Waals surface area contributed by atoms with Crippen LogP contribution in [0, 0.1) is 20.8 Å². The summed E-state index contributed by atoms with van der Waals surface area (Å²) >= 11 is -3.46. The zero-order valence-corrected chi connectivity index (χ0v) is 15.2. The van der Waals surface area contributed by atoms with Crippen LogP contribution < -0.4 is 7.16 Å². The summed E-state index contributed by atoms with van der Waals surface area (Å²) in [6.45, 7) is 6.31. The Balaban J connectivity index is 2.61. The normalized spacial score (nSPS) is 11.6. The first-order valence-corrected chi connectivity index (χ1v) is 16.0. The summed E-state index contributed by atoms with van der Waals surface area (Å²) in [4.78, 5) is 0. The van der Waals surface area contributed by atoms with E-state index < -0.39 is 16.1 Å². The maximum absolute atomic E-state index is 6.83. The van der Waals surface area contributed by atoms with Crippen molar-refractivity contribution < 1.29 is 0 Å². The minimum atomic E-state index is -3.46. The molecule has 0 bridgehead atoms. The van der Waals surface area contributed by atoms with E-state index in [0.29, 0.717) is 0 Å². The van der Waals surface area contributed by atoms with E-state index in [4.69, 9.17) is 17.8 Å². The molecule has 0 saturated carbocycles. The van der Waals surface area contributed by atoms with Gasteiger partial charge in [-0.2, -0.15) is 0 Å². The van der Waals surface area contributed by atoms with Gasteiger partial charge >= 0.3 is 121 Å². The van der Waals surface area contributed by atoms with Crippen molar-refractivity contribution in [1.82, 2.24) is 0 Å². The quantitative estimate of drug-likeness (QED) is 0.692. The Hall–Kier alpha value is -0.181. The van der Waals surface area contributed by atoms with Gasteiger partial charge in [-0.25, -0.2) is 0 Å². The Labute approximate surface area is 120 Å². The van der Waals surface area contributed by atoms with E-state index in [1.165, 1.54) is 20.3 Å². The fourth-order valence-electron chi connectivity index (χ4n) is 2.47. The van der Waals surface area contributed by atoms with Gasteiger partial charge in [0.25, 0.3) is 0 Å². The fraction of sp³-hybridized carbons (Fsp3) is 0.200. The molecular formula is C15H16Cl2Sn. The van der Waals surface area contributed by atoms with Crippen molar-refractivity contribution in [1.29, 1.82) is 0 Å². The van der Waals surface area contributed by atoms with Crippen LogP contribution in [-0.2, 0) is 0 Å². The Bertz CT molecular complexity index is 539. The first kappa shape index (κ1) is 14.2. The molecule has 0 heterocycles. The molecule has 3 heteroatoms. The zero-order valence-electron chi connectivity index (χ0n) is 10.8. The Morgan fingerprint density at radius 2 is 1.33 bits per heavy atom. The molecule has 0 aliphatic rings. The molecule has 0 atom stereocenters. The van der Waals surface area contributed by atoms with Gasteiger partial charge in [-0.3, -0.25) is 0 Å². The third kappa shape index (κ3) is 2.71. The van der Waals surface area contributed by atoms with E-state index in [2.05, 4.69) is 45.0 Å². The Morgan fingerprint density at radius 1 is 0.833 bits per heavy atom. The van der Waals surface area contributed by atoms with Crippen LogP contribution in [0.5, 0.6) is 0 Å². The van der Waals surface area contributed by atoms with Crippen molar-refractivity contribution in [2.45, 2.75) is 20.8 Å². The topological polar surface area (TPSA) is 0 Å². The van der Waals surface area contributed by atoms with Crippen LogP contribution in [0.1, 0.15) is 16.7 Å². The molecule has 0 fully saturated rings. The van der Waals surface area contributed by atoms with Crippen molar-refractivity contribution in [3.05, 3.63) is 59.2 Å². The van der Waals surface area contributed by atoms with Gasteiger partial charge in [-0.15, -0.1) is 0 Å². The van der Waals surface area contributed by atoms with Crippen LogP contribution in [0.25, 0.3) is 0 Å². The van der Waals surface area contributed by atoms with Crippen molar-refractivity contribution in [2.75, 3.05) is 0 Å². The molecular weight excluding hydrogens is 370 g/mol. The van der Waals surface area contributed by atoms with Gasteiger partial charge in [0.05, 0.1) is 0 Å². The molecule has 0 nitrogen and oxygen atoms in total. The molecule has 0 saturated heterocycles. The predicted octanol–water partition coefficient (Wildman–Crippen LogP) is 3.65. The van der Waals surface area contributed by atoms with E-state index in [1.807, 2.05) is 18.2 Å². The van der Waals surface area contributed by atoms with Gasteiger partial charge in [-0.05, 0) is 0 Å². The van der Waals surface area contributed by atoms with E-state index >= 15 is 0 Å². The second-order valence-electron chi connectivity index (χ2n) is 4.71. The average Bonchev–Trinajstić information content (AvgIpc) is 2.28. The van der Waals surface area contributed by atoms with Crippen molar-refractivity contribution >= 4 is 41.1 Å². The fourth-order valence-corrected chi connectivity index (χ4v) is 14.0. The second-order valence-corrected chi connectivity index (χ2v) is 20.0. The summed E-state index contributed by atoms with van der Waals surface area (Å²) < 4.78 is 2.31. The van der Waals surface area contributed by atoms with Crippen LogP contribution >= 0.6 is 17.8 Å². The molecule has 94 valence electrons. The minimum absolute atomic E-state index is 1.12. The van der Waals surface area contributed by atoms with E-state index in [9.17, 15) is 0 Å². The molecule has 0 spiro atoms. The molecule has 0 N–H and O–H groups in total. The van der Waals surface area contributed by atoms with Gasteiger partial charge in [-0.1, -0.05) is 0 Å². The Morgan fingerprint density at radius 3 is 1.83 bits per heavy atom. The molecule has 0 radical (unpaired) electrons. The van der Waals surface area contributed by atoms with Crippen LogP contribution in [0.2, 0.25) is 0 Å². The molecule has 0 unspecified atom stereocenters. The van der Waals surface area contributed by atoms with Crippen molar-refractivity contribution in [2.24, 2.45) is 0 Å². The molecule has 0 amide bonds. The third-order valence-electron chi connectivity index (χ3n) is 3.13. The number of halogens is 2. The summed E-state index contributed by atoms with van der Waals surface area (Å²) in [5.74, 6) is 0. The number of aryl methyl sites for hydroxylation is 3. The first-order chi connectivity index (χ1) is 8.43. The molecule has 0 aliphatic carbocycles. The number of hydrogen-bond donors (Lipinski definition) is 0. The average molecular weight is 386 g/mol. The van der Waals surface area contributed by atoms with E-state index in [-0.39, 0.29) is 0 Å². The standard InChI is InChI=1S/C9H11.C6H5.2ClH.Sn/c1-7-4-8(2)6-9(3)5-7;1-2-4-6-5-3-1;;;/h4-5H,1-3H3;1-5H;2*1H;/q;;;;+2/p-2. The van der Waals surface area contributed by atoms with E-state index in [1.54, 1.807) is 0 Å².